The predicted molar refractivity (Wildman–Crippen MR) is 100 cm³/mol. The van der Waals surface area contributed by atoms with Gasteiger partial charge in [0.05, 0.1) is 5.60 Å². The van der Waals surface area contributed by atoms with Crippen LogP contribution >= 0.6 is 0 Å². The van der Waals surface area contributed by atoms with Crippen molar-refractivity contribution in [2.75, 3.05) is 13.6 Å². The second-order valence-corrected chi connectivity index (χ2v) is 7.74. The molecule has 2 aliphatic rings. The molecule has 24 heavy (non-hydrogen) atoms. The van der Waals surface area contributed by atoms with Gasteiger partial charge in [-0.3, -0.25) is 0 Å². The lowest BCUT2D eigenvalue weighted by Crippen LogP contribution is -2.26. The molecule has 1 aromatic heterocycles. The van der Waals surface area contributed by atoms with E-state index in [2.05, 4.69) is 47.4 Å². The standard InChI is InChI=1S/C21H28N2O/c1-23-12-4-5-18(23)14-17-15-22-20-7-6-16(13-19(17)20)8-11-21(24)9-2-3-10-21/h6-8,11,13,15,18,22,24H,2-5,9-10,12,14H2,1H3/b11-8+/t18-/m1/s1. The summed E-state index contributed by atoms with van der Waals surface area (Å²) in [7, 11) is 2.24. The first kappa shape index (κ1) is 15.9. The lowest BCUT2D eigenvalue weighted by Gasteiger charge is -2.18. The zero-order chi connectivity index (χ0) is 16.6. The van der Waals surface area contributed by atoms with Crippen LogP contribution in [0.5, 0.6) is 0 Å². The maximum Gasteiger partial charge on any atom is 0.0830 e. The number of aromatic amines is 1. The average Bonchev–Trinajstić information content (AvgIpc) is 3.29. The SMILES string of the molecule is CN1CCC[C@@H]1Cc1c[nH]c2ccc(/C=C/C3(O)CCCC3)cc12. The van der Waals surface area contributed by atoms with Crippen LogP contribution in [0.3, 0.4) is 0 Å². The molecule has 1 atom stereocenters. The topological polar surface area (TPSA) is 39.3 Å². The molecular weight excluding hydrogens is 296 g/mol. The Morgan fingerprint density at radius 3 is 2.88 bits per heavy atom. The number of aromatic nitrogens is 1. The molecule has 128 valence electrons. The average molecular weight is 324 g/mol. The molecular formula is C21H28N2O. The van der Waals surface area contributed by atoms with Gasteiger partial charge in [0.25, 0.3) is 0 Å². The summed E-state index contributed by atoms with van der Waals surface area (Å²) >= 11 is 0. The summed E-state index contributed by atoms with van der Waals surface area (Å²) in [6.07, 6.45) is 14.1. The van der Waals surface area contributed by atoms with Gasteiger partial charge >= 0.3 is 0 Å². The summed E-state index contributed by atoms with van der Waals surface area (Å²) in [5.41, 5.74) is 3.23. The summed E-state index contributed by atoms with van der Waals surface area (Å²) in [4.78, 5) is 5.90. The highest BCUT2D eigenvalue weighted by Gasteiger charge is 2.27. The molecule has 2 fully saturated rings. The van der Waals surface area contributed by atoms with Crippen LogP contribution in [-0.4, -0.2) is 40.2 Å². The van der Waals surface area contributed by atoms with Gasteiger partial charge in [0, 0.05) is 23.1 Å². The number of H-pyrrole nitrogens is 1. The molecule has 0 bridgehead atoms. The van der Waals surface area contributed by atoms with Gasteiger partial charge in [0.1, 0.15) is 0 Å². The number of benzene rings is 1. The van der Waals surface area contributed by atoms with Crippen LogP contribution in [0.2, 0.25) is 0 Å². The van der Waals surface area contributed by atoms with E-state index in [9.17, 15) is 5.11 Å². The largest absolute Gasteiger partial charge is 0.386 e. The summed E-state index contributed by atoms with van der Waals surface area (Å²) in [5.74, 6) is 0. The first-order valence-electron chi connectivity index (χ1n) is 9.35. The maximum absolute atomic E-state index is 10.5. The number of likely N-dealkylation sites (N-methyl/N-ethyl adjacent to an activating group) is 1. The Labute approximate surface area is 144 Å². The van der Waals surface area contributed by atoms with Crippen LogP contribution in [0.4, 0.5) is 0 Å². The second kappa shape index (κ2) is 6.38. The van der Waals surface area contributed by atoms with Crippen LogP contribution in [-0.2, 0) is 6.42 Å². The third-order valence-electron chi connectivity index (χ3n) is 5.97. The van der Waals surface area contributed by atoms with Crippen molar-refractivity contribution in [2.45, 2.75) is 56.6 Å². The smallest absolute Gasteiger partial charge is 0.0830 e. The van der Waals surface area contributed by atoms with E-state index in [1.54, 1.807) is 0 Å². The van der Waals surface area contributed by atoms with E-state index < -0.39 is 5.60 Å². The summed E-state index contributed by atoms with van der Waals surface area (Å²) in [5, 5.41) is 11.8. The Hall–Kier alpha value is -1.58. The van der Waals surface area contributed by atoms with E-state index in [1.165, 1.54) is 41.4 Å². The number of nitrogens with zero attached hydrogens (tertiary/aromatic N) is 1. The zero-order valence-electron chi connectivity index (χ0n) is 14.6. The van der Waals surface area contributed by atoms with E-state index in [-0.39, 0.29) is 0 Å². The predicted octanol–water partition coefficient (Wildman–Crippen LogP) is 4.12. The molecule has 1 aliphatic heterocycles. The zero-order valence-corrected chi connectivity index (χ0v) is 14.6. The molecule has 0 amide bonds. The highest BCUT2D eigenvalue weighted by atomic mass is 16.3. The Balaban J connectivity index is 1.57. The van der Waals surface area contributed by atoms with Crippen molar-refractivity contribution in [3.63, 3.8) is 0 Å². The van der Waals surface area contributed by atoms with Crippen LogP contribution in [0, 0.1) is 0 Å². The first-order valence-corrected chi connectivity index (χ1v) is 9.35. The van der Waals surface area contributed by atoms with Crippen molar-refractivity contribution in [1.82, 2.24) is 9.88 Å². The quantitative estimate of drug-likeness (QED) is 0.888. The third-order valence-corrected chi connectivity index (χ3v) is 5.97. The molecule has 0 unspecified atom stereocenters. The number of rotatable bonds is 4. The van der Waals surface area contributed by atoms with Crippen LogP contribution in [0.1, 0.15) is 49.7 Å². The Kier molecular flexibility index (Phi) is 4.23. The lowest BCUT2D eigenvalue weighted by molar-refractivity contribution is 0.100. The van der Waals surface area contributed by atoms with E-state index in [1.807, 2.05) is 6.08 Å². The number of hydrogen-bond donors (Lipinski definition) is 2. The molecule has 1 saturated heterocycles. The fourth-order valence-electron chi connectivity index (χ4n) is 4.36. The minimum atomic E-state index is -0.581. The van der Waals surface area contributed by atoms with E-state index >= 15 is 0 Å². The highest BCUT2D eigenvalue weighted by molar-refractivity contribution is 5.85. The third kappa shape index (κ3) is 3.15. The molecule has 1 saturated carbocycles. The first-order chi connectivity index (χ1) is 11.6. The Morgan fingerprint density at radius 2 is 2.12 bits per heavy atom. The van der Waals surface area contributed by atoms with Gasteiger partial charge in [-0.15, -0.1) is 0 Å². The van der Waals surface area contributed by atoms with Gasteiger partial charge in [-0.25, -0.2) is 0 Å². The number of aliphatic hydroxyl groups is 1. The van der Waals surface area contributed by atoms with Crippen molar-refractivity contribution in [3.05, 3.63) is 41.6 Å². The van der Waals surface area contributed by atoms with Gasteiger partial charge in [-0.05, 0) is 69.0 Å². The number of nitrogens with one attached hydrogen (secondary N) is 1. The number of fused-ring (bicyclic) bond motifs is 1. The molecule has 3 nitrogen and oxygen atoms in total. The minimum absolute atomic E-state index is 0.581. The number of likely N-dealkylation sites (tertiary alicyclic amines) is 1. The minimum Gasteiger partial charge on any atom is -0.386 e. The van der Waals surface area contributed by atoms with Gasteiger partial charge in [0.15, 0.2) is 0 Å². The molecule has 1 aliphatic carbocycles. The van der Waals surface area contributed by atoms with E-state index in [4.69, 9.17) is 0 Å². The fourth-order valence-corrected chi connectivity index (χ4v) is 4.36. The normalized spacial score (nSPS) is 24.5. The van der Waals surface area contributed by atoms with Gasteiger partial charge in [0.2, 0.25) is 0 Å². The maximum atomic E-state index is 10.5. The molecule has 4 rings (SSSR count). The van der Waals surface area contributed by atoms with Gasteiger partial charge in [-0.2, -0.15) is 0 Å². The molecule has 0 spiro atoms. The molecule has 2 N–H and O–H groups in total. The van der Waals surface area contributed by atoms with Gasteiger partial charge < -0.3 is 15.0 Å². The van der Waals surface area contributed by atoms with Crippen molar-refractivity contribution in [2.24, 2.45) is 0 Å². The van der Waals surface area contributed by atoms with Gasteiger partial charge in [-0.1, -0.05) is 31.1 Å². The molecule has 2 heterocycles. The molecule has 1 aromatic carbocycles. The van der Waals surface area contributed by atoms with E-state index in [0.717, 1.165) is 32.1 Å². The Morgan fingerprint density at radius 1 is 1.29 bits per heavy atom. The number of hydrogen-bond acceptors (Lipinski definition) is 2. The van der Waals surface area contributed by atoms with Crippen LogP contribution in [0.25, 0.3) is 17.0 Å². The fraction of sp³-hybridized carbons (Fsp3) is 0.524. The summed E-state index contributed by atoms with van der Waals surface area (Å²) in [6.45, 7) is 1.22. The highest BCUT2D eigenvalue weighted by Crippen LogP contribution is 2.31. The molecule has 0 radical (unpaired) electrons. The summed E-state index contributed by atoms with van der Waals surface area (Å²) < 4.78 is 0. The summed E-state index contributed by atoms with van der Waals surface area (Å²) in [6, 6.07) is 7.24. The van der Waals surface area contributed by atoms with Crippen LogP contribution < -0.4 is 0 Å². The van der Waals surface area contributed by atoms with Crippen molar-refractivity contribution in [1.29, 1.82) is 0 Å². The van der Waals surface area contributed by atoms with Crippen LogP contribution in [0.15, 0.2) is 30.5 Å². The molecule has 3 heteroatoms. The van der Waals surface area contributed by atoms with Crippen molar-refractivity contribution >= 4 is 17.0 Å². The van der Waals surface area contributed by atoms with Crippen molar-refractivity contribution < 1.29 is 5.11 Å². The molecule has 2 aromatic rings. The van der Waals surface area contributed by atoms with Crippen molar-refractivity contribution in [3.8, 4) is 0 Å². The Bertz CT molecular complexity index is 739. The second-order valence-electron chi connectivity index (χ2n) is 7.74. The lowest BCUT2D eigenvalue weighted by atomic mass is 9.99. The monoisotopic (exact) mass is 324 g/mol. The van der Waals surface area contributed by atoms with E-state index in [0.29, 0.717) is 6.04 Å².